The van der Waals surface area contributed by atoms with Crippen molar-refractivity contribution in [3.63, 3.8) is 0 Å². The minimum absolute atomic E-state index is 0.171. The largest absolute Gasteiger partial charge is 0.243 e. The van der Waals surface area contributed by atoms with E-state index in [4.69, 9.17) is 0 Å². The number of rotatable bonds is 3. The van der Waals surface area contributed by atoms with Crippen LogP contribution < -0.4 is 0 Å². The molecule has 1 aromatic carbocycles. The lowest BCUT2D eigenvalue weighted by Gasteiger charge is -2.29. The molecule has 0 aliphatic carbocycles. The van der Waals surface area contributed by atoms with E-state index in [1.165, 1.54) is 0 Å². The second-order valence-corrected chi connectivity index (χ2v) is 7.63. The van der Waals surface area contributed by atoms with Gasteiger partial charge < -0.3 is 0 Å². The molecule has 0 atom stereocenters. The first-order chi connectivity index (χ1) is 10.5. The molecule has 1 aliphatic heterocycles. The van der Waals surface area contributed by atoms with Gasteiger partial charge in [-0.2, -0.15) is 9.52 Å². The van der Waals surface area contributed by atoms with E-state index in [0.29, 0.717) is 36.7 Å². The zero-order valence-electron chi connectivity index (χ0n) is 12.7. The Kier molecular flexibility index (Phi) is 3.96. The Hall–Kier alpha value is -1.80. The summed E-state index contributed by atoms with van der Waals surface area (Å²) in [6.07, 6.45) is 1.42. The van der Waals surface area contributed by atoms with Crippen LogP contribution in [-0.4, -0.2) is 46.4 Å². The number of benzene rings is 1. The third-order valence-electron chi connectivity index (χ3n) is 4.30. The molecule has 7 nitrogen and oxygen atoms in total. The highest BCUT2D eigenvalue weighted by Crippen LogP contribution is 2.28. The highest BCUT2D eigenvalue weighted by molar-refractivity contribution is 7.89. The molecule has 0 radical (unpaired) electrons. The number of nitrogens with one attached hydrogen (secondary N) is 1. The number of aromatic nitrogens is 4. The molecule has 1 aliphatic rings. The van der Waals surface area contributed by atoms with E-state index in [1.54, 1.807) is 16.4 Å². The van der Waals surface area contributed by atoms with Gasteiger partial charge in [0, 0.05) is 19.0 Å². The van der Waals surface area contributed by atoms with Gasteiger partial charge in [-0.15, -0.1) is 10.2 Å². The molecule has 0 amide bonds. The van der Waals surface area contributed by atoms with Crippen molar-refractivity contribution in [1.82, 2.24) is 24.9 Å². The highest BCUT2D eigenvalue weighted by Gasteiger charge is 2.31. The fourth-order valence-corrected chi connectivity index (χ4v) is 4.28. The molecule has 0 unspecified atom stereocenters. The minimum atomic E-state index is -3.42. The van der Waals surface area contributed by atoms with Crippen LogP contribution in [0.1, 0.15) is 35.7 Å². The topological polar surface area (TPSA) is 91.8 Å². The lowest BCUT2D eigenvalue weighted by atomic mass is 9.98. The van der Waals surface area contributed by atoms with Crippen LogP contribution >= 0.6 is 0 Å². The Morgan fingerprint density at radius 1 is 1.18 bits per heavy atom. The zero-order valence-corrected chi connectivity index (χ0v) is 13.5. The fourth-order valence-electron chi connectivity index (χ4n) is 2.72. The molecule has 3 rings (SSSR count). The fraction of sp³-hybridized carbons (Fsp3) is 0.500. The summed E-state index contributed by atoms with van der Waals surface area (Å²) in [4.78, 5) is 0.369. The van der Waals surface area contributed by atoms with Crippen LogP contribution in [0.15, 0.2) is 23.1 Å². The van der Waals surface area contributed by atoms with Gasteiger partial charge in [0.2, 0.25) is 10.0 Å². The summed E-state index contributed by atoms with van der Waals surface area (Å²) in [7, 11) is -3.42. The summed E-state index contributed by atoms with van der Waals surface area (Å²) in [6, 6.07) is 5.28. The Morgan fingerprint density at radius 2 is 1.91 bits per heavy atom. The number of hydrogen-bond donors (Lipinski definition) is 1. The van der Waals surface area contributed by atoms with E-state index in [1.807, 2.05) is 19.9 Å². The van der Waals surface area contributed by atoms with Crippen molar-refractivity contribution in [2.75, 3.05) is 13.1 Å². The van der Waals surface area contributed by atoms with Gasteiger partial charge in [0.1, 0.15) is 0 Å². The summed E-state index contributed by atoms with van der Waals surface area (Å²) in [5, 5.41) is 14.0. The second kappa shape index (κ2) is 5.77. The molecule has 0 saturated carbocycles. The smallest absolute Gasteiger partial charge is 0.207 e. The summed E-state index contributed by atoms with van der Waals surface area (Å²) >= 11 is 0. The second-order valence-electron chi connectivity index (χ2n) is 5.69. The van der Waals surface area contributed by atoms with Crippen molar-refractivity contribution in [2.24, 2.45) is 0 Å². The number of aromatic amines is 1. The predicted molar refractivity (Wildman–Crippen MR) is 80.8 cm³/mol. The summed E-state index contributed by atoms with van der Waals surface area (Å²) < 4.78 is 27.0. The van der Waals surface area contributed by atoms with Crippen molar-refractivity contribution in [3.05, 3.63) is 35.2 Å². The Balaban J connectivity index is 1.75. The van der Waals surface area contributed by atoms with Gasteiger partial charge in [-0.05, 0) is 49.9 Å². The molecule has 0 spiro atoms. The van der Waals surface area contributed by atoms with E-state index >= 15 is 0 Å². The summed E-state index contributed by atoms with van der Waals surface area (Å²) in [6.45, 7) is 4.86. The average Bonchev–Trinajstić information content (AvgIpc) is 3.04. The molecule has 2 heterocycles. The average molecular weight is 321 g/mol. The van der Waals surface area contributed by atoms with E-state index in [2.05, 4.69) is 20.6 Å². The number of nitrogens with zero attached hydrogens (tertiary/aromatic N) is 4. The van der Waals surface area contributed by atoms with E-state index in [9.17, 15) is 8.42 Å². The van der Waals surface area contributed by atoms with Crippen LogP contribution in [0.3, 0.4) is 0 Å². The number of piperidine rings is 1. The molecule has 118 valence electrons. The molecule has 8 heteroatoms. The number of H-pyrrole nitrogens is 1. The quantitative estimate of drug-likeness (QED) is 0.922. The van der Waals surface area contributed by atoms with Crippen LogP contribution in [0, 0.1) is 13.8 Å². The first-order valence-corrected chi connectivity index (χ1v) is 8.73. The number of hydrogen-bond acceptors (Lipinski definition) is 5. The molecule has 1 fully saturated rings. The summed E-state index contributed by atoms with van der Waals surface area (Å²) in [5.74, 6) is 0.841. The molecule has 22 heavy (non-hydrogen) atoms. The van der Waals surface area contributed by atoms with Gasteiger partial charge in [0.25, 0.3) is 0 Å². The van der Waals surface area contributed by atoms with E-state index in [-0.39, 0.29) is 5.92 Å². The summed E-state index contributed by atoms with van der Waals surface area (Å²) in [5.41, 5.74) is 2.08. The van der Waals surface area contributed by atoms with E-state index in [0.717, 1.165) is 11.1 Å². The van der Waals surface area contributed by atoms with Crippen LogP contribution in [-0.2, 0) is 10.0 Å². The predicted octanol–water partition coefficient (Wildman–Crippen LogP) is 1.38. The number of tetrazole rings is 1. The van der Waals surface area contributed by atoms with Crippen molar-refractivity contribution in [2.45, 2.75) is 37.5 Å². The molecular formula is C14H19N5O2S. The maximum Gasteiger partial charge on any atom is 0.243 e. The van der Waals surface area contributed by atoms with Gasteiger partial charge in [0.15, 0.2) is 5.82 Å². The van der Waals surface area contributed by atoms with E-state index < -0.39 is 10.0 Å². The first-order valence-electron chi connectivity index (χ1n) is 7.29. The first kappa shape index (κ1) is 15.1. The third-order valence-corrected chi connectivity index (χ3v) is 6.19. The van der Waals surface area contributed by atoms with Crippen molar-refractivity contribution >= 4 is 10.0 Å². The Labute approximate surface area is 129 Å². The van der Waals surface area contributed by atoms with Gasteiger partial charge in [-0.1, -0.05) is 11.3 Å². The van der Waals surface area contributed by atoms with Crippen molar-refractivity contribution in [3.8, 4) is 0 Å². The van der Waals surface area contributed by atoms with Gasteiger partial charge in [-0.3, -0.25) is 0 Å². The van der Waals surface area contributed by atoms with Gasteiger partial charge >= 0.3 is 0 Å². The van der Waals surface area contributed by atoms with Crippen molar-refractivity contribution < 1.29 is 8.42 Å². The minimum Gasteiger partial charge on any atom is -0.207 e. The SMILES string of the molecule is Cc1ccc(S(=O)(=O)N2CCC(c3nn[nH]n3)CC2)cc1C. The maximum absolute atomic E-state index is 12.7. The Bertz CT molecular complexity index is 750. The number of aryl methyl sites for hydroxylation is 2. The van der Waals surface area contributed by atoms with Crippen molar-refractivity contribution in [1.29, 1.82) is 0 Å². The van der Waals surface area contributed by atoms with Crippen LogP contribution in [0.4, 0.5) is 0 Å². The molecule has 1 saturated heterocycles. The standard InChI is InChI=1S/C14H19N5O2S/c1-10-3-4-13(9-11(10)2)22(20,21)19-7-5-12(6-8-19)14-15-17-18-16-14/h3-4,9,12H,5-8H2,1-2H3,(H,15,16,17,18). The van der Waals surface area contributed by atoms with Crippen LogP contribution in [0.25, 0.3) is 0 Å². The van der Waals surface area contributed by atoms with Gasteiger partial charge in [0.05, 0.1) is 4.90 Å². The normalized spacial score (nSPS) is 17.7. The maximum atomic E-state index is 12.7. The Morgan fingerprint density at radius 3 is 2.50 bits per heavy atom. The molecule has 1 aromatic heterocycles. The van der Waals surface area contributed by atoms with Gasteiger partial charge in [-0.25, -0.2) is 8.42 Å². The third kappa shape index (κ3) is 2.76. The van der Waals surface area contributed by atoms with Crippen LogP contribution in [0.2, 0.25) is 0 Å². The number of sulfonamides is 1. The lowest BCUT2D eigenvalue weighted by molar-refractivity contribution is 0.313. The highest BCUT2D eigenvalue weighted by atomic mass is 32.2. The molecular weight excluding hydrogens is 302 g/mol. The van der Waals surface area contributed by atoms with Crippen LogP contribution in [0.5, 0.6) is 0 Å². The lowest BCUT2D eigenvalue weighted by Crippen LogP contribution is -2.38. The molecule has 0 bridgehead atoms. The monoisotopic (exact) mass is 321 g/mol. The zero-order chi connectivity index (χ0) is 15.7. The molecule has 2 aromatic rings. The molecule has 1 N–H and O–H groups in total.